The van der Waals surface area contributed by atoms with Crippen LogP contribution in [0.1, 0.15) is 26.7 Å². The Balaban J connectivity index is 2.41. The van der Waals surface area contributed by atoms with Gasteiger partial charge in [0, 0.05) is 6.61 Å². The molecule has 1 nitrogen and oxygen atoms in total. The van der Waals surface area contributed by atoms with E-state index < -0.39 is 0 Å². The molecule has 1 radical (unpaired) electrons. The van der Waals surface area contributed by atoms with E-state index in [-0.39, 0.29) is 5.60 Å². The van der Waals surface area contributed by atoms with Crippen LogP contribution in [0.25, 0.3) is 0 Å². The average Bonchev–Trinajstić information content (AvgIpc) is 1.60. The van der Waals surface area contributed by atoms with Gasteiger partial charge in [-0.15, -0.1) is 0 Å². The second-order valence-electron chi connectivity index (χ2n) is 3.47. The average molecular weight is 127 g/mol. The molecule has 1 rings (SSSR count). The third kappa shape index (κ3) is 1.98. The summed E-state index contributed by atoms with van der Waals surface area (Å²) in [6.45, 7) is 9.16. The molecule has 1 saturated heterocycles. The minimum Gasteiger partial charge on any atom is -0.376 e. The fourth-order valence-corrected chi connectivity index (χ4v) is 1.36. The number of ether oxygens (including phenoxy) is 1. The molecule has 0 aliphatic carbocycles. The maximum Gasteiger partial charge on any atom is 0.0629 e. The fraction of sp³-hybridized carbons (Fsp3) is 0.875. The highest BCUT2D eigenvalue weighted by molar-refractivity contribution is 4.79. The van der Waals surface area contributed by atoms with E-state index in [4.69, 9.17) is 4.74 Å². The van der Waals surface area contributed by atoms with Crippen molar-refractivity contribution >= 4 is 0 Å². The zero-order valence-electron chi connectivity index (χ0n) is 6.31. The normalized spacial score (nSPS) is 34.3. The van der Waals surface area contributed by atoms with Crippen molar-refractivity contribution in [1.29, 1.82) is 0 Å². The first kappa shape index (κ1) is 7.07. The second kappa shape index (κ2) is 2.30. The zero-order valence-corrected chi connectivity index (χ0v) is 6.31. The number of hydrogen-bond acceptors (Lipinski definition) is 1. The van der Waals surface area contributed by atoms with E-state index in [1.807, 2.05) is 0 Å². The highest BCUT2D eigenvalue weighted by Gasteiger charge is 2.25. The smallest absolute Gasteiger partial charge is 0.0629 e. The fourth-order valence-electron chi connectivity index (χ4n) is 1.36. The summed E-state index contributed by atoms with van der Waals surface area (Å²) in [6, 6.07) is 0. The van der Waals surface area contributed by atoms with Crippen molar-refractivity contribution in [2.45, 2.75) is 32.3 Å². The van der Waals surface area contributed by atoms with Crippen molar-refractivity contribution in [3.63, 3.8) is 0 Å². The maximum absolute atomic E-state index is 5.50. The van der Waals surface area contributed by atoms with Crippen molar-refractivity contribution in [3.8, 4) is 0 Å². The van der Waals surface area contributed by atoms with Gasteiger partial charge in [0.1, 0.15) is 0 Å². The van der Waals surface area contributed by atoms with Gasteiger partial charge in [-0.05, 0) is 39.5 Å². The number of hydrogen-bond donors (Lipinski definition) is 0. The molecule has 1 fully saturated rings. The van der Waals surface area contributed by atoms with Crippen LogP contribution in [0.3, 0.4) is 0 Å². The van der Waals surface area contributed by atoms with Crippen LogP contribution in [-0.2, 0) is 4.74 Å². The summed E-state index contributed by atoms with van der Waals surface area (Å²) < 4.78 is 5.50. The molecule has 1 atom stereocenters. The minimum atomic E-state index is 0.0880. The lowest BCUT2D eigenvalue weighted by Gasteiger charge is -2.33. The molecule has 1 heterocycles. The van der Waals surface area contributed by atoms with Gasteiger partial charge in [-0.1, -0.05) is 0 Å². The largest absolute Gasteiger partial charge is 0.376 e. The minimum absolute atomic E-state index is 0.0880. The monoisotopic (exact) mass is 127 g/mol. The van der Waals surface area contributed by atoms with Crippen LogP contribution in [-0.4, -0.2) is 12.2 Å². The van der Waals surface area contributed by atoms with Gasteiger partial charge < -0.3 is 4.74 Å². The molecule has 9 heavy (non-hydrogen) atoms. The van der Waals surface area contributed by atoms with Gasteiger partial charge in [0.05, 0.1) is 5.60 Å². The zero-order chi connectivity index (χ0) is 6.91. The van der Waals surface area contributed by atoms with E-state index >= 15 is 0 Å². The van der Waals surface area contributed by atoms with Crippen LogP contribution < -0.4 is 0 Å². The third-order valence-corrected chi connectivity index (χ3v) is 1.80. The molecule has 53 valence electrons. The summed E-state index contributed by atoms with van der Waals surface area (Å²) >= 11 is 0. The van der Waals surface area contributed by atoms with E-state index in [1.165, 1.54) is 0 Å². The Morgan fingerprint density at radius 3 is 2.56 bits per heavy atom. The molecule has 1 aliphatic heterocycles. The van der Waals surface area contributed by atoms with Crippen molar-refractivity contribution in [2.75, 3.05) is 6.61 Å². The van der Waals surface area contributed by atoms with Crippen molar-refractivity contribution < 1.29 is 4.74 Å². The predicted molar refractivity (Wildman–Crippen MR) is 38.1 cm³/mol. The van der Waals surface area contributed by atoms with E-state index in [0.29, 0.717) is 5.92 Å². The molecular formula is C8H15O. The SMILES string of the molecule is [CH2]C1CCOC(C)(C)C1. The molecule has 0 spiro atoms. The summed E-state index contributed by atoms with van der Waals surface area (Å²) in [5, 5.41) is 0. The lowest BCUT2D eigenvalue weighted by molar-refractivity contribution is -0.0649. The van der Waals surface area contributed by atoms with Crippen LogP contribution in [0.4, 0.5) is 0 Å². The second-order valence-corrected chi connectivity index (χ2v) is 3.47. The molecule has 0 aromatic rings. The molecule has 0 N–H and O–H groups in total. The predicted octanol–water partition coefficient (Wildman–Crippen LogP) is 2.03. The molecule has 1 aliphatic rings. The maximum atomic E-state index is 5.50. The van der Waals surface area contributed by atoms with Crippen molar-refractivity contribution in [2.24, 2.45) is 5.92 Å². The lowest BCUT2D eigenvalue weighted by atomic mass is 9.90. The van der Waals surface area contributed by atoms with Crippen LogP contribution in [0.15, 0.2) is 0 Å². The Morgan fingerprint density at radius 1 is 1.56 bits per heavy atom. The van der Waals surface area contributed by atoms with E-state index in [0.717, 1.165) is 19.4 Å². The van der Waals surface area contributed by atoms with Crippen molar-refractivity contribution in [3.05, 3.63) is 6.92 Å². The molecule has 0 aromatic heterocycles. The standard InChI is InChI=1S/C8H15O/c1-7-4-5-9-8(2,3)6-7/h7H,1,4-6H2,2-3H3. The van der Waals surface area contributed by atoms with Crippen LogP contribution in [0, 0.1) is 12.8 Å². The Labute approximate surface area is 57.4 Å². The van der Waals surface area contributed by atoms with Gasteiger partial charge in [-0.2, -0.15) is 0 Å². The molecule has 1 heteroatoms. The van der Waals surface area contributed by atoms with Gasteiger partial charge in [0.25, 0.3) is 0 Å². The first-order valence-electron chi connectivity index (χ1n) is 3.57. The molecular weight excluding hydrogens is 112 g/mol. The van der Waals surface area contributed by atoms with Gasteiger partial charge in [0.15, 0.2) is 0 Å². The third-order valence-electron chi connectivity index (χ3n) is 1.80. The molecule has 0 aromatic carbocycles. The summed E-state index contributed by atoms with van der Waals surface area (Å²) in [5.41, 5.74) is 0.0880. The van der Waals surface area contributed by atoms with Crippen LogP contribution in [0.2, 0.25) is 0 Å². The first-order chi connectivity index (χ1) is 4.10. The quantitative estimate of drug-likeness (QED) is 0.483. The summed E-state index contributed by atoms with van der Waals surface area (Å²) in [7, 11) is 0. The Kier molecular flexibility index (Phi) is 1.80. The van der Waals surface area contributed by atoms with E-state index in [2.05, 4.69) is 20.8 Å². The van der Waals surface area contributed by atoms with Crippen molar-refractivity contribution in [1.82, 2.24) is 0 Å². The molecule has 0 bridgehead atoms. The van der Waals surface area contributed by atoms with Gasteiger partial charge in [-0.25, -0.2) is 0 Å². The van der Waals surface area contributed by atoms with Crippen LogP contribution in [0.5, 0.6) is 0 Å². The van der Waals surface area contributed by atoms with E-state index in [1.54, 1.807) is 0 Å². The van der Waals surface area contributed by atoms with Gasteiger partial charge in [-0.3, -0.25) is 0 Å². The summed E-state index contributed by atoms with van der Waals surface area (Å²) in [4.78, 5) is 0. The van der Waals surface area contributed by atoms with E-state index in [9.17, 15) is 0 Å². The van der Waals surface area contributed by atoms with Crippen LogP contribution >= 0.6 is 0 Å². The Morgan fingerprint density at radius 2 is 2.22 bits per heavy atom. The molecule has 0 saturated carbocycles. The highest BCUT2D eigenvalue weighted by atomic mass is 16.5. The first-order valence-corrected chi connectivity index (χ1v) is 3.57. The Bertz CT molecular complexity index is 96.7. The molecule has 0 amide bonds. The Hall–Kier alpha value is -0.0400. The highest BCUT2D eigenvalue weighted by Crippen LogP contribution is 2.27. The lowest BCUT2D eigenvalue weighted by Crippen LogP contribution is -2.32. The number of rotatable bonds is 0. The van der Waals surface area contributed by atoms with Gasteiger partial charge >= 0.3 is 0 Å². The van der Waals surface area contributed by atoms with Gasteiger partial charge in [0.2, 0.25) is 0 Å². The summed E-state index contributed by atoms with van der Waals surface area (Å²) in [6.07, 6.45) is 2.23. The topological polar surface area (TPSA) is 9.23 Å². The molecule has 1 unspecified atom stereocenters. The summed E-state index contributed by atoms with van der Waals surface area (Å²) in [5.74, 6) is 0.605.